The molecule has 0 radical (unpaired) electrons. The van der Waals surface area contributed by atoms with Gasteiger partial charge in [-0.3, -0.25) is 9.59 Å². The Balaban J connectivity index is 3.28. The summed E-state index contributed by atoms with van der Waals surface area (Å²) >= 11 is 1.46. The number of thioether (sulfide) groups is 1. The highest BCUT2D eigenvalue weighted by Gasteiger charge is 2.04. The number of carboxylic acids is 1. The molecule has 0 atom stereocenters. The molecule has 1 N–H and O–H groups in total. The summed E-state index contributed by atoms with van der Waals surface area (Å²) in [7, 11) is 0. The van der Waals surface area contributed by atoms with Gasteiger partial charge >= 0.3 is 11.9 Å². The molecule has 15 heavy (non-hydrogen) atoms. The molecule has 88 valence electrons. The molecule has 0 aromatic heterocycles. The fraction of sp³-hybridized carbons (Fsp3) is 0.800. The van der Waals surface area contributed by atoms with E-state index in [4.69, 9.17) is 9.84 Å². The lowest BCUT2D eigenvalue weighted by molar-refractivity contribution is -0.144. The van der Waals surface area contributed by atoms with E-state index < -0.39 is 5.97 Å². The molecule has 0 aromatic carbocycles. The first-order valence-electron chi connectivity index (χ1n) is 4.97. The molecule has 0 rings (SSSR count). The molecule has 0 amide bonds. The van der Waals surface area contributed by atoms with Crippen LogP contribution in [0.2, 0.25) is 0 Å². The Morgan fingerprint density at radius 2 is 1.87 bits per heavy atom. The molecule has 0 heterocycles. The van der Waals surface area contributed by atoms with Crippen LogP contribution in [0.25, 0.3) is 0 Å². The Labute approximate surface area is 94.4 Å². The van der Waals surface area contributed by atoms with Gasteiger partial charge in [0.15, 0.2) is 0 Å². The summed E-state index contributed by atoms with van der Waals surface area (Å²) in [6.07, 6.45) is 0.503. The zero-order valence-corrected chi connectivity index (χ0v) is 10.0. The Hall–Kier alpha value is -0.710. The Morgan fingerprint density at radius 3 is 2.40 bits per heavy atom. The second kappa shape index (κ2) is 8.59. The van der Waals surface area contributed by atoms with Crippen LogP contribution in [0, 0.1) is 5.92 Å². The molecule has 0 bridgehead atoms. The van der Waals surface area contributed by atoms with E-state index >= 15 is 0 Å². The maximum Gasteiger partial charge on any atom is 0.306 e. The molecule has 0 fully saturated rings. The van der Waals surface area contributed by atoms with Crippen molar-refractivity contribution in [2.75, 3.05) is 18.1 Å². The van der Waals surface area contributed by atoms with Gasteiger partial charge in [-0.2, -0.15) is 11.8 Å². The third-order valence-corrected chi connectivity index (χ3v) is 2.47. The van der Waals surface area contributed by atoms with Gasteiger partial charge in [0.2, 0.25) is 0 Å². The molecule has 5 heteroatoms. The zero-order valence-electron chi connectivity index (χ0n) is 9.19. The van der Waals surface area contributed by atoms with Gasteiger partial charge in [-0.15, -0.1) is 0 Å². The van der Waals surface area contributed by atoms with Gasteiger partial charge < -0.3 is 9.84 Å². The molecular formula is C10H18O4S. The van der Waals surface area contributed by atoms with Gasteiger partial charge in [0, 0.05) is 11.5 Å². The first-order chi connectivity index (χ1) is 7.02. The predicted molar refractivity (Wildman–Crippen MR) is 60.0 cm³/mol. The summed E-state index contributed by atoms with van der Waals surface area (Å²) in [5.41, 5.74) is 0. The molecule has 0 aromatic rings. The van der Waals surface area contributed by atoms with E-state index in [-0.39, 0.29) is 12.4 Å². The van der Waals surface area contributed by atoms with Gasteiger partial charge in [-0.05, 0) is 5.92 Å². The minimum Gasteiger partial charge on any atom is -0.481 e. The molecule has 0 unspecified atom stereocenters. The van der Waals surface area contributed by atoms with Gasteiger partial charge in [-0.1, -0.05) is 13.8 Å². The average molecular weight is 234 g/mol. The highest BCUT2D eigenvalue weighted by molar-refractivity contribution is 7.99. The molecule has 0 aliphatic carbocycles. The van der Waals surface area contributed by atoms with Crippen LogP contribution >= 0.6 is 11.8 Å². The number of carboxylic acid groups (broad SMARTS) is 1. The van der Waals surface area contributed by atoms with Gasteiger partial charge in [-0.25, -0.2) is 0 Å². The van der Waals surface area contributed by atoms with E-state index in [1.165, 1.54) is 11.8 Å². The minimum atomic E-state index is -0.801. The average Bonchev–Trinajstić information content (AvgIpc) is 2.13. The third kappa shape index (κ3) is 11.2. The summed E-state index contributed by atoms with van der Waals surface area (Å²) in [6, 6.07) is 0. The highest BCUT2D eigenvalue weighted by Crippen LogP contribution is 2.05. The van der Waals surface area contributed by atoms with Gasteiger partial charge in [0.25, 0.3) is 0 Å². The third-order valence-electron chi connectivity index (χ3n) is 1.49. The van der Waals surface area contributed by atoms with E-state index in [1.807, 2.05) is 13.8 Å². The van der Waals surface area contributed by atoms with Crippen molar-refractivity contribution in [2.24, 2.45) is 5.92 Å². The van der Waals surface area contributed by atoms with Crippen LogP contribution in [-0.2, 0) is 14.3 Å². The van der Waals surface area contributed by atoms with Crippen LogP contribution in [0.3, 0.4) is 0 Å². The Morgan fingerprint density at radius 1 is 1.27 bits per heavy atom. The summed E-state index contributed by atoms with van der Waals surface area (Å²) in [4.78, 5) is 21.3. The van der Waals surface area contributed by atoms with Gasteiger partial charge in [0.1, 0.15) is 0 Å². The molecule has 0 spiro atoms. The maximum atomic E-state index is 11.1. The number of rotatable bonds is 8. The number of ether oxygens (including phenoxy) is 1. The second-order valence-corrected chi connectivity index (χ2v) is 4.81. The van der Waals surface area contributed by atoms with Crippen molar-refractivity contribution in [1.29, 1.82) is 0 Å². The van der Waals surface area contributed by atoms with Crippen molar-refractivity contribution in [3.8, 4) is 0 Å². The van der Waals surface area contributed by atoms with Crippen LogP contribution in [-0.4, -0.2) is 35.2 Å². The summed E-state index contributed by atoms with van der Waals surface area (Å²) < 4.78 is 4.96. The Kier molecular flexibility index (Phi) is 8.18. The lowest BCUT2D eigenvalue weighted by Crippen LogP contribution is -2.10. The van der Waals surface area contributed by atoms with Gasteiger partial charge in [0.05, 0.1) is 19.4 Å². The standard InChI is InChI=1S/C10H18O4S/c1-8(2)7-14-10(13)4-6-15-5-3-9(11)12/h8H,3-7H2,1-2H3,(H,11,12). The highest BCUT2D eigenvalue weighted by atomic mass is 32.2. The quantitative estimate of drug-likeness (QED) is 0.512. The van der Waals surface area contributed by atoms with Crippen LogP contribution in [0.5, 0.6) is 0 Å². The van der Waals surface area contributed by atoms with Crippen molar-refractivity contribution < 1.29 is 19.4 Å². The van der Waals surface area contributed by atoms with E-state index in [0.717, 1.165) is 0 Å². The number of hydrogen-bond acceptors (Lipinski definition) is 4. The summed E-state index contributed by atoms with van der Waals surface area (Å²) in [5, 5.41) is 8.36. The first kappa shape index (κ1) is 14.3. The lowest BCUT2D eigenvalue weighted by Gasteiger charge is -2.06. The zero-order chi connectivity index (χ0) is 11.7. The van der Waals surface area contributed by atoms with E-state index in [1.54, 1.807) is 0 Å². The van der Waals surface area contributed by atoms with Crippen molar-refractivity contribution in [1.82, 2.24) is 0 Å². The molecule has 4 nitrogen and oxygen atoms in total. The number of carbonyl (C=O) groups excluding carboxylic acids is 1. The van der Waals surface area contributed by atoms with Crippen LogP contribution in [0.1, 0.15) is 26.7 Å². The fourth-order valence-electron chi connectivity index (χ4n) is 0.749. The largest absolute Gasteiger partial charge is 0.481 e. The van der Waals surface area contributed by atoms with E-state index in [0.29, 0.717) is 30.5 Å². The van der Waals surface area contributed by atoms with Crippen molar-refractivity contribution >= 4 is 23.7 Å². The second-order valence-electron chi connectivity index (χ2n) is 3.58. The topological polar surface area (TPSA) is 63.6 Å². The van der Waals surface area contributed by atoms with E-state index in [9.17, 15) is 9.59 Å². The molecule has 0 saturated carbocycles. The summed E-state index contributed by atoms with van der Waals surface area (Å²) in [6.45, 7) is 4.42. The molecule has 0 aliphatic rings. The normalized spacial score (nSPS) is 10.3. The van der Waals surface area contributed by atoms with Crippen molar-refractivity contribution in [2.45, 2.75) is 26.7 Å². The lowest BCUT2D eigenvalue weighted by atomic mass is 10.2. The van der Waals surface area contributed by atoms with Crippen LogP contribution in [0.15, 0.2) is 0 Å². The SMILES string of the molecule is CC(C)COC(=O)CCSCCC(=O)O. The monoisotopic (exact) mass is 234 g/mol. The maximum absolute atomic E-state index is 11.1. The molecular weight excluding hydrogens is 216 g/mol. The molecule has 0 saturated heterocycles. The van der Waals surface area contributed by atoms with E-state index in [2.05, 4.69) is 0 Å². The summed E-state index contributed by atoms with van der Waals surface area (Å²) in [5.74, 6) is 0.529. The van der Waals surface area contributed by atoms with Crippen molar-refractivity contribution in [3.63, 3.8) is 0 Å². The molecule has 0 aliphatic heterocycles. The van der Waals surface area contributed by atoms with Crippen LogP contribution < -0.4 is 0 Å². The Bertz CT molecular complexity index is 204. The smallest absolute Gasteiger partial charge is 0.306 e. The number of hydrogen-bond donors (Lipinski definition) is 1. The fourth-order valence-corrected chi connectivity index (χ4v) is 1.58. The van der Waals surface area contributed by atoms with Crippen LogP contribution in [0.4, 0.5) is 0 Å². The minimum absolute atomic E-state index is 0.145. The number of carbonyl (C=O) groups is 2. The number of aliphatic carboxylic acids is 1. The van der Waals surface area contributed by atoms with Crippen molar-refractivity contribution in [3.05, 3.63) is 0 Å². The number of esters is 1. The first-order valence-corrected chi connectivity index (χ1v) is 6.13. The predicted octanol–water partition coefficient (Wildman–Crippen LogP) is 1.78.